The van der Waals surface area contributed by atoms with Crippen LogP contribution in [0.15, 0.2) is 0 Å². The zero-order chi connectivity index (χ0) is 13.1. The Bertz CT molecular complexity index is 295. The summed E-state index contributed by atoms with van der Waals surface area (Å²) in [7, 11) is 0. The van der Waals surface area contributed by atoms with Crippen molar-refractivity contribution in [1.29, 1.82) is 0 Å². The number of hydrogen-bond acceptors (Lipinski definition) is 3. The summed E-state index contributed by atoms with van der Waals surface area (Å²) in [5, 5.41) is 21.2. The Morgan fingerprint density at radius 3 is 2.24 bits per heavy atom. The number of aliphatic hydroxyl groups is 1. The highest BCUT2D eigenvalue weighted by Crippen LogP contribution is 2.30. The zero-order valence-corrected chi connectivity index (χ0v) is 10.4. The van der Waals surface area contributed by atoms with Gasteiger partial charge >= 0.3 is 5.97 Å². The molecule has 98 valence electrons. The first-order valence-electron chi connectivity index (χ1n) is 6.04. The maximum Gasteiger partial charge on any atom is 0.307 e. The van der Waals surface area contributed by atoms with Crippen LogP contribution in [0.4, 0.5) is 0 Å². The molecule has 1 aliphatic rings. The molecule has 1 saturated carbocycles. The monoisotopic (exact) mass is 243 g/mol. The van der Waals surface area contributed by atoms with Crippen molar-refractivity contribution < 1.29 is 19.8 Å². The first-order chi connectivity index (χ1) is 7.81. The summed E-state index contributed by atoms with van der Waals surface area (Å²) >= 11 is 0. The smallest absolute Gasteiger partial charge is 0.307 e. The van der Waals surface area contributed by atoms with Crippen molar-refractivity contribution in [2.45, 2.75) is 45.1 Å². The summed E-state index contributed by atoms with van der Waals surface area (Å²) in [6.45, 7) is 3.35. The maximum absolute atomic E-state index is 11.9. The summed E-state index contributed by atoms with van der Waals surface area (Å²) in [6.07, 6.45) is 2.95. The Morgan fingerprint density at radius 1 is 1.24 bits per heavy atom. The highest BCUT2D eigenvalue weighted by Gasteiger charge is 2.35. The van der Waals surface area contributed by atoms with Gasteiger partial charge in [0.05, 0.1) is 17.4 Å². The van der Waals surface area contributed by atoms with Gasteiger partial charge in [-0.15, -0.1) is 0 Å². The van der Waals surface area contributed by atoms with Gasteiger partial charge in [-0.1, -0.05) is 12.8 Å². The normalized spacial score (nSPS) is 25.4. The summed E-state index contributed by atoms with van der Waals surface area (Å²) in [6, 6.07) is 0. The fraction of sp³-hybridized carbons (Fsp3) is 0.833. The number of amides is 1. The van der Waals surface area contributed by atoms with Gasteiger partial charge in [0.1, 0.15) is 0 Å². The van der Waals surface area contributed by atoms with E-state index < -0.39 is 23.4 Å². The number of carboxylic acid groups (broad SMARTS) is 1. The van der Waals surface area contributed by atoms with Crippen molar-refractivity contribution in [3.05, 3.63) is 0 Å². The Balaban J connectivity index is 2.56. The van der Waals surface area contributed by atoms with Gasteiger partial charge in [0.25, 0.3) is 0 Å². The van der Waals surface area contributed by atoms with Crippen molar-refractivity contribution in [1.82, 2.24) is 5.32 Å². The molecule has 0 aromatic heterocycles. The van der Waals surface area contributed by atoms with Crippen LogP contribution in [-0.2, 0) is 9.59 Å². The Morgan fingerprint density at radius 2 is 1.76 bits per heavy atom. The van der Waals surface area contributed by atoms with Gasteiger partial charge in [-0.25, -0.2) is 0 Å². The van der Waals surface area contributed by atoms with Crippen molar-refractivity contribution in [3.63, 3.8) is 0 Å². The number of carboxylic acids is 1. The minimum absolute atomic E-state index is 0.147. The molecule has 2 unspecified atom stereocenters. The third kappa shape index (κ3) is 4.34. The minimum atomic E-state index is -0.969. The number of rotatable bonds is 4. The molecule has 1 aliphatic carbocycles. The quantitative estimate of drug-likeness (QED) is 0.680. The average molecular weight is 243 g/mol. The zero-order valence-electron chi connectivity index (χ0n) is 10.4. The molecule has 2 atom stereocenters. The lowest BCUT2D eigenvalue weighted by Crippen LogP contribution is -2.44. The van der Waals surface area contributed by atoms with Crippen LogP contribution in [0.25, 0.3) is 0 Å². The van der Waals surface area contributed by atoms with Crippen LogP contribution in [0.3, 0.4) is 0 Å². The van der Waals surface area contributed by atoms with E-state index in [-0.39, 0.29) is 12.5 Å². The summed E-state index contributed by atoms with van der Waals surface area (Å²) < 4.78 is 0. The molecule has 0 radical (unpaired) electrons. The molecular weight excluding hydrogens is 222 g/mol. The van der Waals surface area contributed by atoms with Crippen LogP contribution in [0.5, 0.6) is 0 Å². The van der Waals surface area contributed by atoms with Gasteiger partial charge in [-0.2, -0.15) is 0 Å². The lowest BCUT2D eigenvalue weighted by Gasteiger charge is -2.28. The lowest BCUT2D eigenvalue weighted by atomic mass is 9.78. The highest BCUT2D eigenvalue weighted by atomic mass is 16.4. The molecule has 1 rings (SSSR count). The molecular formula is C12H21NO4. The van der Waals surface area contributed by atoms with Crippen LogP contribution in [-0.4, -0.2) is 34.2 Å². The van der Waals surface area contributed by atoms with Crippen LogP contribution in [0, 0.1) is 11.8 Å². The van der Waals surface area contributed by atoms with E-state index in [1.807, 2.05) is 0 Å². The van der Waals surface area contributed by atoms with E-state index in [1.165, 1.54) is 0 Å². The SMILES string of the molecule is CC(C)(O)CNC(=O)C1CCCCC1C(=O)O. The van der Waals surface area contributed by atoms with E-state index in [2.05, 4.69) is 5.32 Å². The first kappa shape index (κ1) is 14.0. The van der Waals surface area contributed by atoms with Gasteiger partial charge in [0.2, 0.25) is 5.91 Å². The number of aliphatic carboxylic acids is 1. The third-order valence-electron chi connectivity index (χ3n) is 3.12. The van der Waals surface area contributed by atoms with Crippen LogP contribution in [0.1, 0.15) is 39.5 Å². The second kappa shape index (κ2) is 5.49. The standard InChI is InChI=1S/C12H21NO4/c1-12(2,17)7-13-10(14)8-5-3-4-6-9(8)11(15)16/h8-9,17H,3-7H2,1-2H3,(H,13,14)(H,15,16). The maximum atomic E-state index is 11.9. The summed E-state index contributed by atoms with van der Waals surface area (Å²) in [4.78, 5) is 22.9. The van der Waals surface area contributed by atoms with Gasteiger partial charge < -0.3 is 15.5 Å². The van der Waals surface area contributed by atoms with Crippen molar-refractivity contribution in [2.24, 2.45) is 11.8 Å². The number of nitrogens with one attached hydrogen (secondary N) is 1. The van der Waals surface area contributed by atoms with E-state index in [9.17, 15) is 14.7 Å². The van der Waals surface area contributed by atoms with E-state index in [0.717, 1.165) is 12.8 Å². The third-order valence-corrected chi connectivity index (χ3v) is 3.12. The molecule has 5 heteroatoms. The second-order valence-corrected chi connectivity index (χ2v) is 5.37. The average Bonchev–Trinajstić information content (AvgIpc) is 2.25. The number of carbonyl (C=O) groups excluding carboxylic acids is 1. The van der Waals surface area contributed by atoms with Crippen molar-refractivity contribution >= 4 is 11.9 Å². The Kier molecular flexibility index (Phi) is 4.51. The molecule has 0 aliphatic heterocycles. The molecule has 0 aromatic rings. The van der Waals surface area contributed by atoms with Crippen LogP contribution < -0.4 is 5.32 Å². The second-order valence-electron chi connectivity index (χ2n) is 5.37. The molecule has 3 N–H and O–H groups in total. The largest absolute Gasteiger partial charge is 0.481 e. The molecule has 0 saturated heterocycles. The van der Waals surface area contributed by atoms with E-state index in [4.69, 9.17) is 5.11 Å². The molecule has 0 bridgehead atoms. The Labute approximate surface area is 101 Å². The fourth-order valence-corrected chi connectivity index (χ4v) is 2.17. The number of hydrogen-bond donors (Lipinski definition) is 3. The van der Waals surface area contributed by atoms with E-state index >= 15 is 0 Å². The summed E-state index contributed by atoms with van der Waals surface area (Å²) in [5.41, 5.74) is -0.969. The number of carbonyl (C=O) groups is 2. The van der Waals surface area contributed by atoms with E-state index in [1.54, 1.807) is 13.8 Å². The Hall–Kier alpha value is -1.10. The molecule has 1 fully saturated rings. The van der Waals surface area contributed by atoms with Gasteiger partial charge in [0.15, 0.2) is 0 Å². The molecule has 5 nitrogen and oxygen atoms in total. The minimum Gasteiger partial charge on any atom is -0.481 e. The predicted octanol–water partition coefficient (Wildman–Crippen LogP) is 0.764. The molecule has 0 spiro atoms. The van der Waals surface area contributed by atoms with Gasteiger partial charge in [-0.3, -0.25) is 9.59 Å². The van der Waals surface area contributed by atoms with Crippen molar-refractivity contribution in [2.75, 3.05) is 6.54 Å². The first-order valence-corrected chi connectivity index (χ1v) is 6.04. The topological polar surface area (TPSA) is 86.6 Å². The van der Waals surface area contributed by atoms with Gasteiger partial charge in [0, 0.05) is 6.54 Å². The van der Waals surface area contributed by atoms with Crippen LogP contribution >= 0.6 is 0 Å². The summed E-state index contributed by atoms with van der Waals surface area (Å²) in [5.74, 6) is -2.18. The fourth-order valence-electron chi connectivity index (χ4n) is 2.17. The van der Waals surface area contributed by atoms with E-state index in [0.29, 0.717) is 12.8 Å². The van der Waals surface area contributed by atoms with Gasteiger partial charge in [-0.05, 0) is 26.7 Å². The highest BCUT2D eigenvalue weighted by molar-refractivity contribution is 5.84. The molecule has 0 aromatic carbocycles. The van der Waals surface area contributed by atoms with Crippen molar-refractivity contribution in [3.8, 4) is 0 Å². The van der Waals surface area contributed by atoms with Crippen LogP contribution in [0.2, 0.25) is 0 Å². The molecule has 1 amide bonds. The molecule has 0 heterocycles. The molecule has 17 heavy (non-hydrogen) atoms. The predicted molar refractivity (Wildman–Crippen MR) is 62.4 cm³/mol. The lowest BCUT2D eigenvalue weighted by molar-refractivity contribution is -0.149.